The molecule has 1 aliphatic heterocycles. The second kappa shape index (κ2) is 8.97. The second-order valence-corrected chi connectivity index (χ2v) is 8.48. The van der Waals surface area contributed by atoms with E-state index in [4.69, 9.17) is 4.98 Å². The Hall–Kier alpha value is -3.72. The molecule has 1 aliphatic rings. The van der Waals surface area contributed by atoms with Crippen LogP contribution >= 0.6 is 11.3 Å². The lowest BCUT2D eigenvalue weighted by Crippen LogP contribution is -2.10. The summed E-state index contributed by atoms with van der Waals surface area (Å²) in [6.45, 7) is 3.48. The molecule has 3 aromatic rings. The third-order valence-corrected chi connectivity index (χ3v) is 5.49. The van der Waals surface area contributed by atoms with Gasteiger partial charge < -0.3 is 15.1 Å². The minimum absolute atomic E-state index is 0.0381. The molecule has 2 aromatic heterocycles. The highest BCUT2D eigenvalue weighted by atomic mass is 32.1. The Bertz CT molecular complexity index is 1160. The Kier molecular flexibility index (Phi) is 5.94. The van der Waals surface area contributed by atoms with Crippen LogP contribution in [0.3, 0.4) is 0 Å². The summed E-state index contributed by atoms with van der Waals surface area (Å²) in [7, 11) is 2.02. The van der Waals surface area contributed by atoms with E-state index in [0.717, 1.165) is 22.1 Å². The predicted octanol–water partition coefficient (Wildman–Crippen LogP) is 4.90. The van der Waals surface area contributed by atoms with Crippen molar-refractivity contribution in [1.29, 1.82) is 0 Å². The van der Waals surface area contributed by atoms with E-state index >= 15 is 0 Å². The number of nitro benzene ring substituents is 1. The molecule has 8 nitrogen and oxygen atoms in total. The highest BCUT2D eigenvalue weighted by Gasteiger charge is 2.12. The van der Waals surface area contributed by atoms with Crippen molar-refractivity contribution in [2.45, 2.75) is 13.5 Å². The molecule has 0 amide bonds. The number of non-ortho nitro benzene ring substituents is 1. The number of aryl methyl sites for hydroxylation is 1. The van der Waals surface area contributed by atoms with Crippen molar-refractivity contribution in [3.8, 4) is 11.3 Å². The standard InChI is InChI=1S/C22H22N6O2S/c1-16-14-23-22(31-16)25-21-12-17(15-27-8-4-7-26(2)9-10-27)11-20(24-21)18-5-3-6-19(13-18)28(29)30/h3-6,8-14H,7,15H2,1-2H3,(H,23,24,25). The molecule has 158 valence electrons. The molecule has 1 aromatic carbocycles. The molecule has 0 saturated carbocycles. The Morgan fingerprint density at radius 3 is 2.87 bits per heavy atom. The molecule has 0 unspecified atom stereocenters. The number of thiazole rings is 1. The Morgan fingerprint density at radius 1 is 1.23 bits per heavy atom. The largest absolute Gasteiger partial charge is 0.375 e. The lowest BCUT2D eigenvalue weighted by molar-refractivity contribution is -0.384. The molecule has 9 heteroatoms. The quantitative estimate of drug-likeness (QED) is 0.436. The molecule has 4 rings (SSSR count). The molecule has 0 aliphatic carbocycles. The van der Waals surface area contributed by atoms with Gasteiger partial charge in [-0.05, 0) is 30.7 Å². The highest BCUT2D eigenvalue weighted by molar-refractivity contribution is 7.15. The van der Waals surface area contributed by atoms with Crippen molar-refractivity contribution in [3.05, 3.63) is 87.8 Å². The monoisotopic (exact) mass is 434 g/mol. The van der Waals surface area contributed by atoms with Gasteiger partial charge in [-0.2, -0.15) is 0 Å². The van der Waals surface area contributed by atoms with Crippen molar-refractivity contribution in [3.63, 3.8) is 0 Å². The minimum Gasteiger partial charge on any atom is -0.375 e. The van der Waals surface area contributed by atoms with Gasteiger partial charge in [0.15, 0.2) is 5.13 Å². The molecule has 0 bridgehead atoms. The number of nitro groups is 1. The molecule has 3 heterocycles. The Morgan fingerprint density at radius 2 is 2.10 bits per heavy atom. The van der Waals surface area contributed by atoms with Crippen LogP contribution in [0.2, 0.25) is 0 Å². The van der Waals surface area contributed by atoms with Gasteiger partial charge in [0.1, 0.15) is 5.82 Å². The predicted molar refractivity (Wildman–Crippen MR) is 123 cm³/mol. The van der Waals surface area contributed by atoms with Crippen LogP contribution in [0.5, 0.6) is 0 Å². The first-order chi connectivity index (χ1) is 15.0. The van der Waals surface area contributed by atoms with Crippen LogP contribution in [0, 0.1) is 17.0 Å². The lowest BCUT2D eigenvalue weighted by atomic mass is 10.1. The number of hydrogen-bond acceptors (Lipinski definition) is 8. The molecule has 0 spiro atoms. The topological polar surface area (TPSA) is 87.4 Å². The van der Waals surface area contributed by atoms with Gasteiger partial charge in [0.25, 0.3) is 5.69 Å². The van der Waals surface area contributed by atoms with E-state index in [1.54, 1.807) is 23.5 Å². The zero-order chi connectivity index (χ0) is 21.8. The van der Waals surface area contributed by atoms with Gasteiger partial charge >= 0.3 is 0 Å². The van der Waals surface area contributed by atoms with E-state index in [1.165, 1.54) is 6.07 Å². The molecule has 0 fully saturated rings. The van der Waals surface area contributed by atoms with Crippen molar-refractivity contribution >= 4 is 28.0 Å². The summed E-state index contributed by atoms with van der Waals surface area (Å²) in [6, 6.07) is 10.5. The fourth-order valence-electron chi connectivity index (χ4n) is 3.17. The number of benzene rings is 1. The zero-order valence-corrected chi connectivity index (χ0v) is 18.0. The van der Waals surface area contributed by atoms with Gasteiger partial charge in [-0.1, -0.05) is 12.1 Å². The van der Waals surface area contributed by atoms with Gasteiger partial charge in [0.05, 0.1) is 10.6 Å². The van der Waals surface area contributed by atoms with Gasteiger partial charge in [0.2, 0.25) is 0 Å². The van der Waals surface area contributed by atoms with E-state index < -0.39 is 4.92 Å². The maximum atomic E-state index is 11.2. The Labute approximate surface area is 184 Å². The lowest BCUT2D eigenvalue weighted by Gasteiger charge is -2.16. The number of aromatic nitrogens is 2. The summed E-state index contributed by atoms with van der Waals surface area (Å²) in [5.41, 5.74) is 2.41. The van der Waals surface area contributed by atoms with Crippen LogP contribution in [0.1, 0.15) is 10.4 Å². The van der Waals surface area contributed by atoms with Gasteiger partial charge in [0, 0.05) is 67.5 Å². The first-order valence-electron chi connectivity index (χ1n) is 9.72. The zero-order valence-electron chi connectivity index (χ0n) is 17.2. The first-order valence-corrected chi connectivity index (χ1v) is 10.5. The minimum atomic E-state index is -0.395. The molecule has 0 radical (unpaired) electrons. The fourth-order valence-corrected chi connectivity index (χ4v) is 3.84. The first kappa shape index (κ1) is 20.5. The molecule has 1 N–H and O–H groups in total. The van der Waals surface area contributed by atoms with Crippen molar-refractivity contribution < 1.29 is 4.92 Å². The number of hydrogen-bond donors (Lipinski definition) is 1. The average Bonchev–Trinajstić information content (AvgIpc) is 3.04. The second-order valence-electron chi connectivity index (χ2n) is 7.25. The molecule has 0 saturated heterocycles. The number of anilines is 2. The maximum absolute atomic E-state index is 11.2. The maximum Gasteiger partial charge on any atom is 0.270 e. The number of nitrogens with zero attached hydrogens (tertiary/aromatic N) is 5. The van der Waals surface area contributed by atoms with Crippen molar-refractivity contribution in [2.75, 3.05) is 18.9 Å². The summed E-state index contributed by atoms with van der Waals surface area (Å²) < 4.78 is 0. The number of likely N-dealkylation sites (N-methyl/N-ethyl adjacent to an activating group) is 1. The third kappa shape index (κ3) is 5.26. The Balaban J connectivity index is 1.70. The summed E-state index contributed by atoms with van der Waals surface area (Å²) in [5, 5.41) is 15.2. The number of rotatable bonds is 6. The van der Waals surface area contributed by atoms with Gasteiger partial charge in [-0.25, -0.2) is 9.97 Å². The van der Waals surface area contributed by atoms with Gasteiger partial charge in [-0.15, -0.1) is 11.3 Å². The normalized spacial score (nSPS) is 13.4. The fraction of sp³-hybridized carbons (Fsp3) is 0.182. The van der Waals surface area contributed by atoms with Crippen LogP contribution in [0.4, 0.5) is 16.6 Å². The van der Waals surface area contributed by atoms with Crippen LogP contribution in [0.25, 0.3) is 11.3 Å². The summed E-state index contributed by atoms with van der Waals surface area (Å²) in [6.07, 6.45) is 10.0. The highest BCUT2D eigenvalue weighted by Crippen LogP contribution is 2.28. The smallest absolute Gasteiger partial charge is 0.270 e. The summed E-state index contributed by atoms with van der Waals surface area (Å²) >= 11 is 1.55. The van der Waals surface area contributed by atoms with Crippen LogP contribution in [-0.4, -0.2) is 38.3 Å². The average molecular weight is 435 g/mol. The molecular formula is C22H22N6O2S. The van der Waals surface area contributed by atoms with Crippen LogP contribution < -0.4 is 5.32 Å². The van der Waals surface area contributed by atoms with E-state index in [-0.39, 0.29) is 5.69 Å². The number of pyridine rings is 1. The van der Waals surface area contributed by atoms with Crippen molar-refractivity contribution in [2.24, 2.45) is 0 Å². The molecule has 31 heavy (non-hydrogen) atoms. The van der Waals surface area contributed by atoms with Crippen molar-refractivity contribution in [1.82, 2.24) is 19.8 Å². The van der Waals surface area contributed by atoms with E-state index in [1.807, 2.05) is 57.0 Å². The summed E-state index contributed by atoms with van der Waals surface area (Å²) in [4.78, 5) is 25.2. The van der Waals surface area contributed by atoms with E-state index in [9.17, 15) is 10.1 Å². The molecular weight excluding hydrogens is 412 g/mol. The van der Waals surface area contributed by atoms with Crippen LogP contribution in [-0.2, 0) is 6.54 Å². The van der Waals surface area contributed by atoms with E-state index in [0.29, 0.717) is 23.6 Å². The third-order valence-electron chi connectivity index (χ3n) is 4.66. The molecule has 0 atom stereocenters. The SMILES string of the molecule is Cc1cnc(Nc2cc(CN3C=CCN(C)C=C3)cc(-c3cccc([N+](=O)[O-])c3)n2)s1. The van der Waals surface area contributed by atoms with E-state index in [2.05, 4.69) is 26.2 Å². The number of nitrogens with one attached hydrogen (secondary N) is 1. The van der Waals surface area contributed by atoms with Gasteiger partial charge in [-0.3, -0.25) is 10.1 Å². The summed E-state index contributed by atoms with van der Waals surface area (Å²) in [5.74, 6) is 0.647. The van der Waals surface area contributed by atoms with Crippen LogP contribution in [0.15, 0.2) is 67.3 Å².